The molecule has 0 aliphatic rings. The van der Waals surface area contributed by atoms with Gasteiger partial charge in [0.1, 0.15) is 11.5 Å². The van der Waals surface area contributed by atoms with Gasteiger partial charge in [-0.3, -0.25) is 4.90 Å². The normalized spacial score (nSPS) is 11.9. The summed E-state index contributed by atoms with van der Waals surface area (Å²) < 4.78 is 33.0. The third-order valence-corrected chi connectivity index (χ3v) is 4.27. The van der Waals surface area contributed by atoms with Crippen molar-refractivity contribution in [2.45, 2.75) is 32.7 Å². The Morgan fingerprint density at radius 1 is 1.21 bits per heavy atom. The number of benzene rings is 1. The van der Waals surface area contributed by atoms with Crippen molar-refractivity contribution in [2.24, 2.45) is 0 Å². The van der Waals surface area contributed by atoms with Crippen LogP contribution in [0.15, 0.2) is 16.7 Å². The number of methoxy groups -OCH3 is 1. The molecule has 8 heteroatoms. The molecule has 0 fully saturated rings. The molecule has 1 aromatic carbocycles. The lowest BCUT2D eigenvalue weighted by molar-refractivity contribution is 0.260. The Kier molecular flexibility index (Phi) is 5.61. The van der Waals surface area contributed by atoms with Gasteiger partial charge in [-0.05, 0) is 37.6 Å². The van der Waals surface area contributed by atoms with Crippen molar-refractivity contribution in [3.63, 3.8) is 0 Å². The van der Waals surface area contributed by atoms with E-state index in [1.807, 2.05) is 25.8 Å². The lowest BCUT2D eigenvalue weighted by atomic mass is 10.1. The number of hydrogen-bond donors (Lipinski definition) is 0. The molecule has 0 spiro atoms. The summed E-state index contributed by atoms with van der Waals surface area (Å²) in [4.78, 5) is 6.15. The number of ether oxygens (including phenoxy) is 1. The fraction of sp³-hybridized carbons (Fsp3) is 0.500. The van der Waals surface area contributed by atoms with Crippen LogP contribution < -0.4 is 4.74 Å². The second kappa shape index (κ2) is 7.31. The monoisotopic (exact) mass is 353 g/mol. The summed E-state index contributed by atoms with van der Waals surface area (Å²) >= 11 is 0. The highest BCUT2D eigenvalue weighted by molar-refractivity contribution is 7.89. The second-order valence-electron chi connectivity index (χ2n) is 6.11. The molecule has 7 nitrogen and oxygen atoms in total. The minimum Gasteiger partial charge on any atom is -0.496 e. The van der Waals surface area contributed by atoms with Crippen molar-refractivity contribution in [1.29, 1.82) is 0 Å². The molecule has 0 atom stereocenters. The van der Waals surface area contributed by atoms with E-state index in [4.69, 9.17) is 9.26 Å². The van der Waals surface area contributed by atoms with Crippen LogP contribution in [0.1, 0.15) is 28.4 Å². The van der Waals surface area contributed by atoms with Gasteiger partial charge in [0.05, 0.1) is 13.7 Å². The molecule has 24 heavy (non-hydrogen) atoms. The number of sulfone groups is 1. The molecule has 2 aromatic rings. The summed E-state index contributed by atoms with van der Waals surface area (Å²) in [6.45, 7) is 5.19. The van der Waals surface area contributed by atoms with Crippen LogP contribution >= 0.6 is 0 Å². The van der Waals surface area contributed by atoms with E-state index in [2.05, 4.69) is 22.3 Å². The third-order valence-electron chi connectivity index (χ3n) is 3.48. The van der Waals surface area contributed by atoms with E-state index in [9.17, 15) is 8.42 Å². The molecule has 0 aliphatic heterocycles. The van der Waals surface area contributed by atoms with Crippen LogP contribution in [0.3, 0.4) is 0 Å². The molecule has 0 radical (unpaired) electrons. The molecule has 132 valence electrons. The van der Waals surface area contributed by atoms with Gasteiger partial charge in [-0.25, -0.2) is 8.42 Å². The van der Waals surface area contributed by atoms with Crippen LogP contribution in [-0.4, -0.2) is 43.9 Å². The Labute approximate surface area is 142 Å². The maximum Gasteiger partial charge on any atom is 0.240 e. The van der Waals surface area contributed by atoms with Crippen LogP contribution in [0.5, 0.6) is 5.75 Å². The van der Waals surface area contributed by atoms with Crippen molar-refractivity contribution in [2.75, 3.05) is 20.4 Å². The molecular formula is C16H23N3O4S. The van der Waals surface area contributed by atoms with E-state index in [0.29, 0.717) is 19.0 Å². The SMILES string of the molecule is COc1c(C)cc(CN(C)Cc2nc(CS(C)(=O)=O)no2)cc1C. The third kappa shape index (κ3) is 5.04. The number of aryl methyl sites for hydroxylation is 2. The first-order valence-electron chi connectivity index (χ1n) is 7.50. The summed E-state index contributed by atoms with van der Waals surface area (Å²) in [6, 6.07) is 4.18. The fourth-order valence-electron chi connectivity index (χ4n) is 2.70. The van der Waals surface area contributed by atoms with Crippen molar-refractivity contribution in [1.82, 2.24) is 15.0 Å². The molecular weight excluding hydrogens is 330 g/mol. The topological polar surface area (TPSA) is 85.5 Å². The maximum absolute atomic E-state index is 11.2. The van der Waals surface area contributed by atoms with Crippen molar-refractivity contribution >= 4 is 9.84 Å². The molecule has 0 N–H and O–H groups in total. The number of rotatable bonds is 7. The van der Waals surface area contributed by atoms with Gasteiger partial charge in [-0.2, -0.15) is 4.98 Å². The molecule has 0 unspecified atom stereocenters. The average molecular weight is 353 g/mol. The smallest absolute Gasteiger partial charge is 0.240 e. The molecule has 1 heterocycles. The first-order valence-corrected chi connectivity index (χ1v) is 9.56. The second-order valence-corrected chi connectivity index (χ2v) is 8.25. The van der Waals surface area contributed by atoms with Crippen molar-refractivity contribution < 1.29 is 17.7 Å². The van der Waals surface area contributed by atoms with Crippen LogP contribution in [0.25, 0.3) is 0 Å². The first kappa shape index (κ1) is 18.4. The fourth-order valence-corrected chi connectivity index (χ4v) is 3.29. The van der Waals surface area contributed by atoms with E-state index < -0.39 is 9.84 Å². The van der Waals surface area contributed by atoms with Crippen LogP contribution in [0.4, 0.5) is 0 Å². The largest absolute Gasteiger partial charge is 0.496 e. The quantitative estimate of drug-likeness (QED) is 0.751. The zero-order valence-corrected chi connectivity index (χ0v) is 15.5. The summed E-state index contributed by atoms with van der Waals surface area (Å²) in [5, 5.41) is 3.70. The van der Waals surface area contributed by atoms with E-state index in [0.717, 1.165) is 28.7 Å². The number of nitrogens with zero attached hydrogens (tertiary/aromatic N) is 3. The summed E-state index contributed by atoms with van der Waals surface area (Å²) in [7, 11) is 0.444. The standard InChI is InChI=1S/C16H23N3O4S/c1-11-6-13(7-12(2)16(11)22-4)8-19(3)9-15-17-14(18-23-15)10-24(5,20)21/h6-7H,8-10H2,1-5H3. The molecule has 0 saturated carbocycles. The van der Waals surface area contributed by atoms with Crippen LogP contribution in [0, 0.1) is 13.8 Å². The molecule has 0 aliphatic carbocycles. The van der Waals surface area contributed by atoms with E-state index in [1.54, 1.807) is 7.11 Å². The molecule has 1 aromatic heterocycles. The van der Waals surface area contributed by atoms with Gasteiger partial charge in [0.25, 0.3) is 0 Å². The molecule has 0 bridgehead atoms. The van der Waals surface area contributed by atoms with Crippen molar-refractivity contribution in [3.05, 3.63) is 40.5 Å². The lowest BCUT2D eigenvalue weighted by Gasteiger charge is -2.17. The molecule has 0 saturated heterocycles. The Hall–Kier alpha value is -1.93. The Bertz CT molecular complexity index is 791. The van der Waals surface area contributed by atoms with Crippen molar-refractivity contribution in [3.8, 4) is 5.75 Å². The Balaban J connectivity index is 2.02. The lowest BCUT2D eigenvalue weighted by Crippen LogP contribution is -2.17. The highest BCUT2D eigenvalue weighted by Crippen LogP contribution is 2.25. The zero-order chi connectivity index (χ0) is 17.9. The summed E-state index contributed by atoms with van der Waals surface area (Å²) in [6.07, 6.45) is 1.14. The van der Waals surface area contributed by atoms with Crippen LogP contribution in [0.2, 0.25) is 0 Å². The Morgan fingerprint density at radius 2 is 1.83 bits per heavy atom. The van der Waals surface area contributed by atoms with Gasteiger partial charge in [-0.15, -0.1) is 0 Å². The van der Waals surface area contributed by atoms with E-state index in [1.165, 1.54) is 0 Å². The Morgan fingerprint density at radius 3 is 2.38 bits per heavy atom. The summed E-state index contributed by atoms with van der Waals surface area (Å²) in [5.74, 6) is 1.29. The first-order chi connectivity index (χ1) is 11.2. The summed E-state index contributed by atoms with van der Waals surface area (Å²) in [5.41, 5.74) is 3.34. The minimum absolute atomic E-state index is 0.192. The number of hydrogen-bond acceptors (Lipinski definition) is 7. The highest BCUT2D eigenvalue weighted by Gasteiger charge is 2.14. The highest BCUT2D eigenvalue weighted by atomic mass is 32.2. The minimum atomic E-state index is -3.17. The van der Waals surface area contributed by atoms with E-state index in [-0.39, 0.29) is 11.6 Å². The van der Waals surface area contributed by atoms with Crippen LogP contribution in [-0.2, 0) is 28.7 Å². The maximum atomic E-state index is 11.2. The average Bonchev–Trinajstić information content (AvgIpc) is 2.82. The van der Waals surface area contributed by atoms with E-state index >= 15 is 0 Å². The molecule has 0 amide bonds. The predicted molar refractivity (Wildman–Crippen MR) is 90.5 cm³/mol. The van der Waals surface area contributed by atoms with Gasteiger partial charge >= 0.3 is 0 Å². The molecule has 2 rings (SSSR count). The van der Waals surface area contributed by atoms with Gasteiger partial charge in [0.2, 0.25) is 5.89 Å². The van der Waals surface area contributed by atoms with Gasteiger partial charge in [0.15, 0.2) is 15.7 Å². The number of aromatic nitrogens is 2. The zero-order valence-electron chi connectivity index (χ0n) is 14.7. The van der Waals surface area contributed by atoms with Gasteiger partial charge in [0, 0.05) is 12.8 Å². The van der Waals surface area contributed by atoms with Gasteiger partial charge in [-0.1, -0.05) is 17.3 Å². The van der Waals surface area contributed by atoms with Gasteiger partial charge < -0.3 is 9.26 Å². The predicted octanol–water partition coefficient (Wildman–Crippen LogP) is 1.87.